The van der Waals surface area contributed by atoms with Gasteiger partial charge in [0.15, 0.2) is 5.82 Å². The number of hydrogen-bond donors (Lipinski definition) is 1. The quantitative estimate of drug-likeness (QED) is 0.566. The van der Waals surface area contributed by atoms with Crippen molar-refractivity contribution in [3.8, 4) is 5.69 Å². The highest BCUT2D eigenvalue weighted by molar-refractivity contribution is 6.34. The largest absolute Gasteiger partial charge is 0.462 e. The standard InChI is InChI=1S/C22H18ClFN4O4/c1-2-31-22(30)14-12-25-28(13-7-4-3-5-8-13)20(14)26-21(29)18-11-17(27-32-18)19-15(23)9-6-10-16(19)24/h3-10,12,18H,2,11H2,1H3,(H,26,29). The average Bonchev–Trinajstić information content (AvgIpc) is 3.42. The van der Waals surface area contributed by atoms with Crippen molar-refractivity contribution in [1.82, 2.24) is 9.78 Å². The van der Waals surface area contributed by atoms with Gasteiger partial charge >= 0.3 is 5.97 Å². The molecule has 0 saturated heterocycles. The van der Waals surface area contributed by atoms with Crippen LogP contribution >= 0.6 is 11.6 Å². The number of nitrogens with zero attached hydrogens (tertiary/aromatic N) is 3. The Morgan fingerprint density at radius 2 is 2.03 bits per heavy atom. The van der Waals surface area contributed by atoms with Gasteiger partial charge in [0.05, 0.1) is 34.8 Å². The maximum Gasteiger partial charge on any atom is 0.343 e. The molecule has 1 aromatic heterocycles. The van der Waals surface area contributed by atoms with Crippen LogP contribution in [0.5, 0.6) is 0 Å². The third kappa shape index (κ3) is 4.19. The van der Waals surface area contributed by atoms with E-state index in [9.17, 15) is 14.0 Å². The van der Waals surface area contributed by atoms with Gasteiger partial charge < -0.3 is 14.9 Å². The molecule has 0 saturated carbocycles. The van der Waals surface area contributed by atoms with Gasteiger partial charge in [-0.05, 0) is 31.2 Å². The summed E-state index contributed by atoms with van der Waals surface area (Å²) in [5, 5.41) is 10.9. The number of benzene rings is 2. The van der Waals surface area contributed by atoms with E-state index in [0.717, 1.165) is 0 Å². The summed E-state index contributed by atoms with van der Waals surface area (Å²) in [6.45, 7) is 1.84. The molecule has 3 aromatic rings. The third-order valence-electron chi connectivity index (χ3n) is 4.72. The molecule has 1 aliphatic heterocycles. The van der Waals surface area contributed by atoms with E-state index in [0.29, 0.717) is 5.69 Å². The van der Waals surface area contributed by atoms with Gasteiger partial charge in [-0.15, -0.1) is 0 Å². The lowest BCUT2D eigenvalue weighted by atomic mass is 10.0. The summed E-state index contributed by atoms with van der Waals surface area (Å²) >= 11 is 6.09. The lowest BCUT2D eigenvalue weighted by molar-refractivity contribution is -0.125. The van der Waals surface area contributed by atoms with Gasteiger partial charge in [-0.25, -0.2) is 13.9 Å². The zero-order valence-corrected chi connectivity index (χ0v) is 17.7. The molecule has 1 N–H and O–H groups in total. The number of nitrogens with one attached hydrogen (secondary N) is 1. The van der Waals surface area contributed by atoms with Gasteiger partial charge in [0, 0.05) is 6.42 Å². The first kappa shape index (κ1) is 21.5. The van der Waals surface area contributed by atoms with Gasteiger partial charge in [-0.1, -0.05) is 41.0 Å². The van der Waals surface area contributed by atoms with E-state index in [2.05, 4.69) is 15.6 Å². The molecule has 164 valence electrons. The van der Waals surface area contributed by atoms with Gasteiger partial charge in [0.25, 0.3) is 5.91 Å². The fraction of sp³-hybridized carbons (Fsp3) is 0.182. The van der Waals surface area contributed by atoms with E-state index in [4.69, 9.17) is 21.2 Å². The first-order chi connectivity index (χ1) is 15.5. The first-order valence-electron chi connectivity index (χ1n) is 9.78. The predicted octanol–water partition coefficient (Wildman–Crippen LogP) is 3.97. The lowest BCUT2D eigenvalue weighted by Gasteiger charge is -2.13. The number of para-hydroxylation sites is 1. The van der Waals surface area contributed by atoms with Gasteiger partial charge in [0.2, 0.25) is 6.10 Å². The number of esters is 1. The van der Waals surface area contributed by atoms with E-state index in [-0.39, 0.29) is 40.7 Å². The van der Waals surface area contributed by atoms with Crippen LogP contribution in [0.2, 0.25) is 5.02 Å². The molecule has 1 amide bonds. The first-order valence-corrected chi connectivity index (χ1v) is 10.2. The van der Waals surface area contributed by atoms with Crippen molar-refractivity contribution in [2.24, 2.45) is 5.16 Å². The summed E-state index contributed by atoms with van der Waals surface area (Å²) in [7, 11) is 0. The van der Waals surface area contributed by atoms with Crippen molar-refractivity contribution in [1.29, 1.82) is 0 Å². The predicted molar refractivity (Wildman–Crippen MR) is 116 cm³/mol. The van der Waals surface area contributed by atoms with E-state index < -0.39 is 23.8 Å². The van der Waals surface area contributed by atoms with Crippen LogP contribution < -0.4 is 5.32 Å². The second-order valence-electron chi connectivity index (χ2n) is 6.80. The Labute approximate surface area is 187 Å². The minimum absolute atomic E-state index is 0.000695. The van der Waals surface area contributed by atoms with Gasteiger partial charge in [-0.3, -0.25) is 4.79 Å². The van der Waals surface area contributed by atoms with Crippen LogP contribution in [0.4, 0.5) is 10.2 Å². The summed E-state index contributed by atoms with van der Waals surface area (Å²) in [5.74, 6) is -1.65. The molecule has 1 unspecified atom stereocenters. The van der Waals surface area contributed by atoms with E-state index in [1.165, 1.54) is 29.1 Å². The van der Waals surface area contributed by atoms with Crippen molar-refractivity contribution in [2.75, 3.05) is 11.9 Å². The molecule has 8 nitrogen and oxygen atoms in total. The van der Waals surface area contributed by atoms with Gasteiger partial charge in [-0.2, -0.15) is 5.10 Å². The molecule has 0 spiro atoms. The molecule has 10 heteroatoms. The summed E-state index contributed by atoms with van der Waals surface area (Å²) in [6.07, 6.45) is 0.271. The van der Waals surface area contributed by atoms with Crippen molar-refractivity contribution in [3.05, 3.63) is 76.7 Å². The molecule has 0 aliphatic carbocycles. The molecule has 0 bridgehead atoms. The minimum Gasteiger partial charge on any atom is -0.462 e. The number of amides is 1. The van der Waals surface area contributed by atoms with Crippen molar-refractivity contribution in [2.45, 2.75) is 19.4 Å². The molecule has 0 fully saturated rings. The van der Waals surface area contributed by atoms with Crippen LogP contribution in [0.1, 0.15) is 29.3 Å². The zero-order chi connectivity index (χ0) is 22.7. The third-order valence-corrected chi connectivity index (χ3v) is 5.03. The SMILES string of the molecule is CCOC(=O)c1cnn(-c2ccccc2)c1NC(=O)C1CC(c2c(F)cccc2Cl)=NO1. The molecule has 0 radical (unpaired) electrons. The molecule has 32 heavy (non-hydrogen) atoms. The normalized spacial score (nSPS) is 15.1. The Morgan fingerprint density at radius 1 is 1.25 bits per heavy atom. The van der Waals surface area contributed by atoms with Gasteiger partial charge in [0.1, 0.15) is 11.4 Å². The Hall–Kier alpha value is -3.72. The number of anilines is 1. The number of carbonyl (C=O) groups excluding carboxylic acids is 2. The minimum atomic E-state index is -1.05. The number of oxime groups is 1. The second kappa shape index (κ2) is 9.19. The fourth-order valence-electron chi connectivity index (χ4n) is 3.23. The smallest absolute Gasteiger partial charge is 0.343 e. The van der Waals surface area contributed by atoms with Crippen LogP contribution in [-0.2, 0) is 14.4 Å². The monoisotopic (exact) mass is 456 g/mol. The Balaban J connectivity index is 1.58. The molecule has 1 aliphatic rings. The Kier molecular flexibility index (Phi) is 6.18. The number of ether oxygens (including phenoxy) is 1. The number of aromatic nitrogens is 2. The molecular weight excluding hydrogens is 439 g/mol. The van der Waals surface area contributed by atoms with Crippen LogP contribution in [-0.4, -0.2) is 40.1 Å². The molecule has 2 aromatic carbocycles. The Bertz CT molecular complexity index is 1180. The van der Waals surface area contributed by atoms with Crippen molar-refractivity contribution in [3.63, 3.8) is 0 Å². The highest BCUT2D eigenvalue weighted by atomic mass is 35.5. The average molecular weight is 457 g/mol. The summed E-state index contributed by atoms with van der Waals surface area (Å²) in [6, 6.07) is 13.2. The highest BCUT2D eigenvalue weighted by Crippen LogP contribution is 2.27. The Morgan fingerprint density at radius 3 is 2.75 bits per heavy atom. The van der Waals surface area contributed by atoms with E-state index in [1.807, 2.05) is 6.07 Å². The van der Waals surface area contributed by atoms with Crippen LogP contribution in [0.3, 0.4) is 0 Å². The molecule has 4 rings (SSSR count). The molecule has 2 heterocycles. The van der Waals surface area contributed by atoms with Crippen LogP contribution in [0, 0.1) is 5.82 Å². The molecule has 1 atom stereocenters. The summed E-state index contributed by atoms with van der Waals surface area (Å²) < 4.78 is 20.7. The summed E-state index contributed by atoms with van der Waals surface area (Å²) in [5.41, 5.74) is 1.02. The lowest BCUT2D eigenvalue weighted by Crippen LogP contribution is -2.30. The van der Waals surface area contributed by atoms with Crippen LogP contribution in [0.15, 0.2) is 59.9 Å². The number of carbonyl (C=O) groups is 2. The maximum atomic E-state index is 14.2. The number of halogens is 2. The van der Waals surface area contributed by atoms with Crippen LogP contribution in [0.25, 0.3) is 5.69 Å². The maximum absolute atomic E-state index is 14.2. The highest BCUT2D eigenvalue weighted by Gasteiger charge is 2.33. The van der Waals surface area contributed by atoms with E-state index in [1.54, 1.807) is 31.2 Å². The van der Waals surface area contributed by atoms with Crippen molar-refractivity contribution < 1.29 is 23.6 Å². The fourth-order valence-corrected chi connectivity index (χ4v) is 3.50. The van der Waals surface area contributed by atoms with E-state index >= 15 is 0 Å². The number of hydrogen-bond acceptors (Lipinski definition) is 6. The molecular formula is C22H18ClFN4O4. The zero-order valence-electron chi connectivity index (χ0n) is 16.9. The topological polar surface area (TPSA) is 94.8 Å². The summed E-state index contributed by atoms with van der Waals surface area (Å²) in [4.78, 5) is 30.6. The number of rotatable bonds is 6. The second-order valence-corrected chi connectivity index (χ2v) is 7.20. The van der Waals surface area contributed by atoms with Crippen molar-refractivity contribution >= 4 is 35.0 Å².